The molecule has 0 spiro atoms. The fourth-order valence-corrected chi connectivity index (χ4v) is 4.07. The molecule has 1 unspecified atom stereocenters. The number of hydrogen-bond donors (Lipinski definition) is 2. The Balaban J connectivity index is 1.84. The number of nitrogens with zero attached hydrogens (tertiary/aromatic N) is 1. The molecule has 0 saturated carbocycles. The number of nitrogens with one attached hydrogen (secondary N) is 1. The number of aliphatic carboxylic acids is 1. The molecule has 0 radical (unpaired) electrons. The number of methoxy groups -OCH3 is 1. The van der Waals surface area contributed by atoms with E-state index in [1.807, 2.05) is 30.3 Å². The summed E-state index contributed by atoms with van der Waals surface area (Å²) < 4.78 is 4.90. The van der Waals surface area contributed by atoms with Crippen LogP contribution in [0.25, 0.3) is 11.1 Å². The second-order valence-corrected chi connectivity index (χ2v) is 7.14. The summed E-state index contributed by atoms with van der Waals surface area (Å²) in [6.45, 7) is 0.645. The number of esters is 1. The molecule has 0 bridgehead atoms. The van der Waals surface area contributed by atoms with Crippen molar-refractivity contribution in [3.8, 4) is 11.1 Å². The van der Waals surface area contributed by atoms with Gasteiger partial charge in [0.1, 0.15) is 10.6 Å². The van der Waals surface area contributed by atoms with E-state index in [4.69, 9.17) is 4.74 Å². The number of hydrogen-bond acceptors (Lipinski definition) is 5. The summed E-state index contributed by atoms with van der Waals surface area (Å²) in [5.74, 6) is -1.99. The van der Waals surface area contributed by atoms with Crippen molar-refractivity contribution in [2.45, 2.75) is 12.8 Å². The lowest BCUT2D eigenvalue weighted by Gasteiger charge is -2.30. The number of carboxylic acids is 1. The molecule has 2 heterocycles. The lowest BCUT2D eigenvalue weighted by Crippen LogP contribution is -2.44. The quantitative estimate of drug-likeness (QED) is 0.781. The van der Waals surface area contributed by atoms with E-state index in [9.17, 15) is 19.5 Å². The Kier molecular flexibility index (Phi) is 5.75. The van der Waals surface area contributed by atoms with Crippen LogP contribution in [0.4, 0.5) is 9.80 Å². The Morgan fingerprint density at radius 3 is 2.67 bits per heavy atom. The van der Waals surface area contributed by atoms with Crippen LogP contribution in [-0.4, -0.2) is 48.2 Å². The molecule has 1 atom stereocenters. The fraction of sp³-hybridized carbons (Fsp3) is 0.316. The van der Waals surface area contributed by atoms with Gasteiger partial charge in [-0.15, -0.1) is 11.3 Å². The molecule has 1 aromatic heterocycles. The smallest absolute Gasteiger partial charge is 0.341 e. The van der Waals surface area contributed by atoms with E-state index in [1.54, 1.807) is 5.38 Å². The maximum absolute atomic E-state index is 12.6. The number of urea groups is 1. The van der Waals surface area contributed by atoms with Crippen LogP contribution in [0.1, 0.15) is 23.2 Å². The van der Waals surface area contributed by atoms with Gasteiger partial charge in [-0.05, 0) is 18.4 Å². The highest BCUT2D eigenvalue weighted by Crippen LogP contribution is 2.36. The van der Waals surface area contributed by atoms with Gasteiger partial charge in [0.25, 0.3) is 0 Å². The standard InChI is InChI=1S/C19H20N2O5S/c1-26-18(24)15-14(12-6-3-2-4-7-12)11-27-16(15)20-19(25)21-9-5-8-13(10-21)17(22)23/h2-4,6-7,11,13H,5,8-10H2,1H3,(H,20,25)(H,22,23). The van der Waals surface area contributed by atoms with Crippen molar-refractivity contribution in [1.29, 1.82) is 0 Å². The van der Waals surface area contributed by atoms with Gasteiger partial charge in [-0.3, -0.25) is 10.1 Å². The molecule has 2 aromatic rings. The second kappa shape index (κ2) is 8.22. The van der Waals surface area contributed by atoms with Gasteiger partial charge in [0, 0.05) is 24.0 Å². The highest BCUT2D eigenvalue weighted by atomic mass is 32.1. The molecule has 3 rings (SSSR count). The molecule has 27 heavy (non-hydrogen) atoms. The number of amides is 2. The fourth-order valence-electron chi connectivity index (χ4n) is 3.12. The van der Waals surface area contributed by atoms with E-state index < -0.39 is 23.9 Å². The molecule has 1 aromatic carbocycles. The second-order valence-electron chi connectivity index (χ2n) is 6.26. The summed E-state index contributed by atoms with van der Waals surface area (Å²) in [7, 11) is 1.29. The van der Waals surface area contributed by atoms with Crippen LogP contribution in [0.5, 0.6) is 0 Å². The van der Waals surface area contributed by atoms with Gasteiger partial charge in [0.2, 0.25) is 0 Å². The molecule has 8 heteroatoms. The first-order chi connectivity index (χ1) is 13.0. The monoisotopic (exact) mass is 388 g/mol. The SMILES string of the molecule is COC(=O)c1c(-c2ccccc2)csc1NC(=O)N1CCCC(C(=O)O)C1. The van der Waals surface area contributed by atoms with Gasteiger partial charge in [-0.1, -0.05) is 30.3 Å². The number of carbonyl (C=O) groups is 3. The molecule has 1 aliphatic rings. The molecule has 7 nitrogen and oxygen atoms in total. The van der Waals surface area contributed by atoms with Crippen molar-refractivity contribution in [2.75, 3.05) is 25.5 Å². The predicted molar refractivity (Wildman–Crippen MR) is 102 cm³/mol. The number of benzene rings is 1. The third-order valence-corrected chi connectivity index (χ3v) is 5.44. The lowest BCUT2D eigenvalue weighted by atomic mass is 9.99. The third kappa shape index (κ3) is 4.11. The van der Waals surface area contributed by atoms with Gasteiger partial charge in [-0.2, -0.15) is 0 Å². The average molecular weight is 388 g/mol. The normalized spacial score (nSPS) is 16.6. The number of carbonyl (C=O) groups excluding carboxylic acids is 2. The van der Waals surface area contributed by atoms with Crippen LogP contribution in [0.3, 0.4) is 0 Å². The molecule has 2 N–H and O–H groups in total. The van der Waals surface area contributed by atoms with E-state index in [1.165, 1.54) is 23.3 Å². The van der Waals surface area contributed by atoms with Crippen molar-refractivity contribution in [3.63, 3.8) is 0 Å². The van der Waals surface area contributed by atoms with E-state index in [2.05, 4.69) is 5.32 Å². The molecular formula is C19H20N2O5S. The highest BCUT2D eigenvalue weighted by Gasteiger charge is 2.29. The first-order valence-corrected chi connectivity index (χ1v) is 9.43. The van der Waals surface area contributed by atoms with Crippen molar-refractivity contribution < 1.29 is 24.2 Å². The van der Waals surface area contributed by atoms with Crippen LogP contribution < -0.4 is 5.32 Å². The van der Waals surface area contributed by atoms with Crippen molar-refractivity contribution in [1.82, 2.24) is 4.90 Å². The van der Waals surface area contributed by atoms with Crippen molar-refractivity contribution in [2.24, 2.45) is 5.92 Å². The van der Waals surface area contributed by atoms with Crippen molar-refractivity contribution in [3.05, 3.63) is 41.3 Å². The van der Waals surface area contributed by atoms with E-state index in [0.29, 0.717) is 35.5 Å². The number of thiophene rings is 1. The number of anilines is 1. The van der Waals surface area contributed by atoms with Crippen LogP contribution in [-0.2, 0) is 9.53 Å². The van der Waals surface area contributed by atoms with E-state index >= 15 is 0 Å². The van der Waals surface area contributed by atoms with Crippen LogP contribution in [0.15, 0.2) is 35.7 Å². The zero-order valence-electron chi connectivity index (χ0n) is 14.8. The summed E-state index contributed by atoms with van der Waals surface area (Å²) in [6, 6.07) is 8.96. The Morgan fingerprint density at radius 1 is 1.26 bits per heavy atom. The minimum absolute atomic E-state index is 0.158. The third-order valence-electron chi connectivity index (χ3n) is 4.54. The molecule has 1 aliphatic heterocycles. The van der Waals surface area contributed by atoms with Gasteiger partial charge < -0.3 is 14.7 Å². The Morgan fingerprint density at radius 2 is 2.00 bits per heavy atom. The van der Waals surface area contributed by atoms with Crippen LogP contribution in [0, 0.1) is 5.92 Å². The number of likely N-dealkylation sites (tertiary alicyclic amines) is 1. The van der Waals surface area contributed by atoms with Gasteiger partial charge in [-0.25, -0.2) is 9.59 Å². The molecule has 142 valence electrons. The Bertz CT molecular complexity index is 849. The molecule has 0 aliphatic carbocycles. The zero-order valence-corrected chi connectivity index (χ0v) is 15.6. The van der Waals surface area contributed by atoms with Crippen LogP contribution in [0.2, 0.25) is 0 Å². The number of carboxylic acid groups (broad SMARTS) is 1. The highest BCUT2D eigenvalue weighted by molar-refractivity contribution is 7.15. The summed E-state index contributed by atoms with van der Waals surface area (Å²) in [5, 5.41) is 14.1. The van der Waals surface area contributed by atoms with E-state index in [-0.39, 0.29) is 6.54 Å². The molecular weight excluding hydrogens is 368 g/mol. The number of piperidine rings is 1. The van der Waals surface area contributed by atoms with Crippen molar-refractivity contribution >= 4 is 34.3 Å². The Hall–Kier alpha value is -2.87. The topological polar surface area (TPSA) is 95.9 Å². The van der Waals surface area contributed by atoms with E-state index in [0.717, 1.165) is 5.56 Å². The van der Waals surface area contributed by atoms with Gasteiger partial charge in [0.15, 0.2) is 0 Å². The molecule has 1 fully saturated rings. The lowest BCUT2D eigenvalue weighted by molar-refractivity contribution is -0.143. The predicted octanol–water partition coefficient (Wildman–Crippen LogP) is 3.53. The maximum atomic E-state index is 12.6. The first-order valence-electron chi connectivity index (χ1n) is 8.55. The zero-order chi connectivity index (χ0) is 19.4. The largest absolute Gasteiger partial charge is 0.481 e. The molecule has 2 amide bonds. The van der Waals surface area contributed by atoms with Gasteiger partial charge in [0.05, 0.1) is 13.0 Å². The number of ether oxygens (including phenoxy) is 1. The summed E-state index contributed by atoms with van der Waals surface area (Å²) in [6.07, 6.45) is 1.19. The summed E-state index contributed by atoms with van der Waals surface area (Å²) in [5.41, 5.74) is 1.83. The van der Waals surface area contributed by atoms with Gasteiger partial charge >= 0.3 is 18.0 Å². The summed E-state index contributed by atoms with van der Waals surface area (Å²) in [4.78, 5) is 37.6. The Labute approximate surface area is 160 Å². The minimum atomic E-state index is -0.898. The number of rotatable bonds is 4. The first kappa shape index (κ1) is 18.9. The maximum Gasteiger partial charge on any atom is 0.341 e. The van der Waals surface area contributed by atoms with Crippen LogP contribution >= 0.6 is 11.3 Å². The average Bonchev–Trinajstić information content (AvgIpc) is 3.11. The molecule has 1 saturated heterocycles. The minimum Gasteiger partial charge on any atom is -0.481 e. The summed E-state index contributed by atoms with van der Waals surface area (Å²) >= 11 is 1.24.